The summed E-state index contributed by atoms with van der Waals surface area (Å²) in [6, 6.07) is 13.7. The number of aromatic nitrogens is 2. The first-order chi connectivity index (χ1) is 16.2. The number of carbonyl (C=O) groups is 1. The molecule has 0 aliphatic rings. The minimum absolute atomic E-state index is 0.228. The van der Waals surface area contributed by atoms with Crippen molar-refractivity contribution in [3.63, 3.8) is 0 Å². The fourth-order valence-electron chi connectivity index (χ4n) is 4.01. The third-order valence-electron chi connectivity index (χ3n) is 5.69. The van der Waals surface area contributed by atoms with Crippen molar-refractivity contribution < 1.29 is 9.53 Å². The number of nitrogens with one attached hydrogen (secondary N) is 2. The summed E-state index contributed by atoms with van der Waals surface area (Å²) in [5, 5.41) is 3.44. The molecule has 4 aromatic rings. The molecule has 0 aliphatic heterocycles. The summed E-state index contributed by atoms with van der Waals surface area (Å²) in [5.41, 5.74) is 4.40. The molecule has 0 radical (unpaired) electrons. The van der Waals surface area contributed by atoms with Gasteiger partial charge in [-0.2, -0.15) is 0 Å². The number of hydrogen-bond donors (Lipinski definition) is 2. The van der Waals surface area contributed by atoms with E-state index in [1.807, 2.05) is 63.4 Å². The molecule has 2 heterocycles. The van der Waals surface area contributed by atoms with Crippen LogP contribution in [0.3, 0.4) is 0 Å². The fourth-order valence-corrected chi connectivity index (χ4v) is 5.10. The molecule has 0 saturated carbocycles. The average Bonchev–Trinajstić information content (AvgIpc) is 3.12. The van der Waals surface area contributed by atoms with E-state index in [1.165, 1.54) is 11.3 Å². The Morgan fingerprint density at radius 3 is 2.68 bits per heavy atom. The molecule has 0 unspecified atom stereocenters. The molecule has 4 rings (SSSR count). The van der Waals surface area contributed by atoms with Crippen molar-refractivity contribution in [3.05, 3.63) is 85.8 Å². The van der Waals surface area contributed by atoms with E-state index in [0.717, 1.165) is 28.1 Å². The highest BCUT2D eigenvalue weighted by molar-refractivity contribution is 7.20. The lowest BCUT2D eigenvalue weighted by atomic mass is 10.1. The minimum Gasteiger partial charge on any atom is -0.497 e. The van der Waals surface area contributed by atoms with Crippen LogP contribution in [0.5, 0.6) is 5.75 Å². The highest BCUT2D eigenvalue weighted by atomic mass is 32.1. The molecule has 7 nitrogen and oxygen atoms in total. The number of rotatable bonds is 7. The molecule has 0 aliphatic carbocycles. The van der Waals surface area contributed by atoms with Crippen LogP contribution in [0.1, 0.15) is 37.7 Å². The van der Waals surface area contributed by atoms with Crippen LogP contribution in [0.15, 0.2) is 47.3 Å². The number of methoxy groups -OCH3 is 1. The van der Waals surface area contributed by atoms with Gasteiger partial charge >= 0.3 is 0 Å². The van der Waals surface area contributed by atoms with Crippen LogP contribution in [0.2, 0.25) is 0 Å². The van der Waals surface area contributed by atoms with E-state index in [1.54, 1.807) is 14.0 Å². The third kappa shape index (κ3) is 5.03. The third-order valence-corrected chi connectivity index (χ3v) is 6.88. The lowest BCUT2D eigenvalue weighted by Crippen LogP contribution is -2.21. The Kier molecular flexibility index (Phi) is 6.81. The maximum absolute atomic E-state index is 13.0. The molecular formula is C26H28N4O3S. The molecule has 2 N–H and O–H groups in total. The van der Waals surface area contributed by atoms with Gasteiger partial charge in [-0.05, 0) is 62.7 Å². The summed E-state index contributed by atoms with van der Waals surface area (Å²) in [4.78, 5) is 36.6. The second kappa shape index (κ2) is 9.79. The molecule has 0 spiro atoms. The van der Waals surface area contributed by atoms with Crippen molar-refractivity contribution in [2.45, 2.75) is 33.9 Å². The highest BCUT2D eigenvalue weighted by Gasteiger charge is 2.20. The summed E-state index contributed by atoms with van der Waals surface area (Å²) in [5.74, 6) is 1.13. The van der Waals surface area contributed by atoms with Gasteiger partial charge in [-0.1, -0.05) is 29.8 Å². The van der Waals surface area contributed by atoms with Gasteiger partial charge in [0, 0.05) is 12.2 Å². The van der Waals surface area contributed by atoms with Gasteiger partial charge in [-0.3, -0.25) is 14.5 Å². The summed E-state index contributed by atoms with van der Waals surface area (Å²) >= 11 is 1.25. The summed E-state index contributed by atoms with van der Waals surface area (Å²) in [6.45, 7) is 6.90. The Morgan fingerprint density at radius 1 is 1.15 bits per heavy atom. The molecule has 1 amide bonds. The second-order valence-electron chi connectivity index (χ2n) is 8.55. The van der Waals surface area contributed by atoms with E-state index in [0.29, 0.717) is 39.6 Å². The van der Waals surface area contributed by atoms with Crippen molar-refractivity contribution in [1.29, 1.82) is 0 Å². The number of amides is 1. The van der Waals surface area contributed by atoms with Gasteiger partial charge < -0.3 is 15.0 Å². The van der Waals surface area contributed by atoms with Gasteiger partial charge in [0.25, 0.3) is 11.5 Å². The number of H-pyrrole nitrogens is 1. The monoisotopic (exact) mass is 476 g/mol. The second-order valence-corrected chi connectivity index (χ2v) is 9.54. The van der Waals surface area contributed by atoms with Crippen molar-refractivity contribution >= 4 is 33.1 Å². The van der Waals surface area contributed by atoms with E-state index >= 15 is 0 Å². The van der Waals surface area contributed by atoms with E-state index < -0.39 is 0 Å². The van der Waals surface area contributed by atoms with Crippen LogP contribution >= 0.6 is 11.3 Å². The molecule has 2 aromatic heterocycles. The number of carbonyl (C=O) groups excluding carboxylic acids is 1. The first kappa shape index (κ1) is 23.7. The zero-order valence-electron chi connectivity index (χ0n) is 20.0. The normalized spacial score (nSPS) is 11.2. The van der Waals surface area contributed by atoms with Gasteiger partial charge in [0.1, 0.15) is 16.4 Å². The van der Waals surface area contributed by atoms with Crippen LogP contribution in [0, 0.1) is 20.8 Å². The topological polar surface area (TPSA) is 87.3 Å². The molecule has 0 bridgehead atoms. The van der Waals surface area contributed by atoms with Crippen molar-refractivity contribution in [2.75, 3.05) is 19.5 Å². The number of hydrogen-bond acceptors (Lipinski definition) is 6. The number of aromatic amines is 1. The molecule has 2 aromatic carbocycles. The van der Waals surface area contributed by atoms with Gasteiger partial charge in [0.2, 0.25) is 0 Å². The molecule has 0 saturated heterocycles. The zero-order valence-corrected chi connectivity index (χ0v) is 20.8. The number of ether oxygens (including phenoxy) is 1. The number of nitrogens with zero attached hydrogens (tertiary/aromatic N) is 2. The maximum atomic E-state index is 13.0. The van der Waals surface area contributed by atoms with Crippen LogP contribution in [-0.4, -0.2) is 34.9 Å². The summed E-state index contributed by atoms with van der Waals surface area (Å²) < 4.78 is 5.29. The first-order valence-corrected chi connectivity index (χ1v) is 11.8. The largest absolute Gasteiger partial charge is 0.497 e. The van der Waals surface area contributed by atoms with Crippen molar-refractivity contribution in [2.24, 2.45) is 0 Å². The number of benzene rings is 2. The fraction of sp³-hybridized carbons (Fsp3) is 0.269. The van der Waals surface area contributed by atoms with Crippen LogP contribution < -0.4 is 15.6 Å². The lowest BCUT2D eigenvalue weighted by molar-refractivity contribution is 0.103. The zero-order chi connectivity index (χ0) is 24.4. The average molecular weight is 477 g/mol. The number of fused-ring (bicyclic) bond motifs is 1. The highest BCUT2D eigenvalue weighted by Crippen LogP contribution is 2.28. The minimum atomic E-state index is -0.233. The Hall–Kier alpha value is -3.49. The molecular weight excluding hydrogens is 448 g/mol. The smallest absolute Gasteiger partial charge is 0.266 e. The van der Waals surface area contributed by atoms with E-state index in [9.17, 15) is 9.59 Å². The van der Waals surface area contributed by atoms with Gasteiger partial charge in [-0.25, -0.2) is 4.98 Å². The van der Waals surface area contributed by atoms with Crippen molar-refractivity contribution in [1.82, 2.24) is 14.9 Å². The first-order valence-electron chi connectivity index (χ1n) is 11.0. The predicted octanol–water partition coefficient (Wildman–Crippen LogP) is 4.80. The molecule has 8 heteroatoms. The van der Waals surface area contributed by atoms with E-state index in [-0.39, 0.29) is 11.5 Å². The molecule has 176 valence electrons. The van der Waals surface area contributed by atoms with Crippen LogP contribution in [0.4, 0.5) is 5.69 Å². The predicted molar refractivity (Wildman–Crippen MR) is 137 cm³/mol. The molecule has 0 fully saturated rings. The quantitative estimate of drug-likeness (QED) is 0.400. The molecule has 34 heavy (non-hydrogen) atoms. The van der Waals surface area contributed by atoms with Crippen LogP contribution in [-0.2, 0) is 13.1 Å². The van der Waals surface area contributed by atoms with Gasteiger partial charge in [-0.15, -0.1) is 11.3 Å². The lowest BCUT2D eigenvalue weighted by Gasteiger charge is -2.16. The molecule has 0 atom stereocenters. The van der Waals surface area contributed by atoms with Gasteiger partial charge in [0.15, 0.2) is 0 Å². The number of anilines is 1. The van der Waals surface area contributed by atoms with Gasteiger partial charge in [0.05, 0.1) is 23.9 Å². The van der Waals surface area contributed by atoms with Crippen LogP contribution in [0.25, 0.3) is 10.2 Å². The summed E-state index contributed by atoms with van der Waals surface area (Å²) in [7, 11) is 3.61. The number of thiophene rings is 1. The standard InChI is InChI=1S/C26H28N4O3S/c1-15-9-10-20(16(2)11-15)27-25(32)23-17(3)22-24(31)28-21(29-26(22)34-23)14-30(4)13-18-7-6-8-19(12-18)33-5/h6-12H,13-14H2,1-5H3,(H,27,32)(H,28,29,31). The Balaban J connectivity index is 1.56. The Morgan fingerprint density at radius 2 is 1.94 bits per heavy atom. The SMILES string of the molecule is COc1cccc(CN(C)Cc2nc3sc(C(=O)Nc4ccc(C)cc4C)c(C)c3c(=O)[nH]2)c1. The van der Waals surface area contributed by atoms with E-state index in [2.05, 4.69) is 20.2 Å². The Bertz CT molecular complexity index is 1420. The van der Waals surface area contributed by atoms with Crippen molar-refractivity contribution in [3.8, 4) is 5.75 Å². The summed E-state index contributed by atoms with van der Waals surface area (Å²) in [6.07, 6.45) is 0. The van der Waals surface area contributed by atoms with E-state index in [4.69, 9.17) is 4.74 Å². The maximum Gasteiger partial charge on any atom is 0.266 e. The number of aryl methyl sites for hydroxylation is 3. The Labute approximate surface area is 202 Å².